The van der Waals surface area contributed by atoms with Gasteiger partial charge < -0.3 is 14.6 Å². The van der Waals surface area contributed by atoms with Crippen molar-refractivity contribution in [3.8, 4) is 5.75 Å². The van der Waals surface area contributed by atoms with E-state index in [9.17, 15) is 23.9 Å². The molecule has 1 aliphatic heterocycles. The predicted octanol–water partition coefficient (Wildman–Crippen LogP) is 4.88. The third kappa shape index (κ3) is 4.75. The molecular formula is C27H23FN2O6S. The second kappa shape index (κ2) is 10.4. The van der Waals surface area contributed by atoms with Gasteiger partial charge in [-0.15, -0.1) is 0 Å². The molecule has 4 rings (SSSR count). The number of aryl methyl sites for hydroxylation is 2. The summed E-state index contributed by atoms with van der Waals surface area (Å²) in [7, 11) is 1.51. The van der Waals surface area contributed by atoms with Gasteiger partial charge in [0.05, 0.1) is 24.4 Å². The smallest absolute Gasteiger partial charge is 0.350 e. The number of amides is 1. The molecule has 10 heteroatoms. The number of rotatable bonds is 7. The quantitative estimate of drug-likeness (QED) is 0.155. The van der Waals surface area contributed by atoms with Crippen LogP contribution >= 0.6 is 11.3 Å². The second-order valence-corrected chi connectivity index (χ2v) is 9.18. The van der Waals surface area contributed by atoms with Gasteiger partial charge in [0.2, 0.25) is 0 Å². The highest BCUT2D eigenvalue weighted by Gasteiger charge is 2.48. The van der Waals surface area contributed by atoms with Crippen LogP contribution in [0.25, 0.3) is 5.76 Å². The summed E-state index contributed by atoms with van der Waals surface area (Å²) in [5.74, 6) is -2.88. The number of nitrogens with zero attached hydrogens (tertiary/aromatic N) is 2. The van der Waals surface area contributed by atoms with E-state index >= 15 is 0 Å². The minimum atomic E-state index is -1.12. The molecule has 1 saturated heterocycles. The van der Waals surface area contributed by atoms with Crippen LogP contribution in [0.3, 0.4) is 0 Å². The van der Waals surface area contributed by atoms with Gasteiger partial charge in [0.1, 0.15) is 28.8 Å². The summed E-state index contributed by atoms with van der Waals surface area (Å²) in [6.45, 7) is 6.81. The van der Waals surface area contributed by atoms with Crippen molar-refractivity contribution >= 4 is 39.9 Å². The van der Waals surface area contributed by atoms with Crippen molar-refractivity contribution in [2.75, 3.05) is 18.6 Å². The first-order valence-electron chi connectivity index (χ1n) is 11.1. The van der Waals surface area contributed by atoms with E-state index in [-0.39, 0.29) is 22.2 Å². The van der Waals surface area contributed by atoms with Crippen molar-refractivity contribution in [1.29, 1.82) is 0 Å². The molecule has 1 aromatic heterocycles. The van der Waals surface area contributed by atoms with Gasteiger partial charge in [-0.05, 0) is 55.3 Å². The van der Waals surface area contributed by atoms with Gasteiger partial charge in [0.25, 0.3) is 5.78 Å². The Bertz CT molecular complexity index is 1440. The molecule has 1 unspecified atom stereocenters. The number of ether oxygens (including phenoxy) is 2. The van der Waals surface area contributed by atoms with Crippen LogP contribution in [0.5, 0.6) is 5.75 Å². The number of Topliss-reactive ketones (excluding diaryl/α,β-unsaturated/α-hetero) is 1. The van der Waals surface area contributed by atoms with Gasteiger partial charge in [-0.2, -0.15) is 0 Å². The van der Waals surface area contributed by atoms with Gasteiger partial charge in [-0.1, -0.05) is 36.1 Å². The van der Waals surface area contributed by atoms with E-state index < -0.39 is 35.3 Å². The number of aromatic nitrogens is 1. The minimum Gasteiger partial charge on any atom is -0.507 e. The van der Waals surface area contributed by atoms with E-state index in [0.717, 1.165) is 16.2 Å². The average Bonchev–Trinajstić information content (AvgIpc) is 3.39. The van der Waals surface area contributed by atoms with Gasteiger partial charge in [-0.25, -0.2) is 14.2 Å². The summed E-state index contributed by atoms with van der Waals surface area (Å²) >= 11 is 0.878. The molecule has 190 valence electrons. The molecule has 0 radical (unpaired) electrons. The summed E-state index contributed by atoms with van der Waals surface area (Å²) in [6.07, 6.45) is 1.42. The summed E-state index contributed by atoms with van der Waals surface area (Å²) < 4.78 is 24.1. The molecule has 0 aliphatic carbocycles. The maximum Gasteiger partial charge on any atom is 0.350 e. The first-order chi connectivity index (χ1) is 17.7. The maximum absolute atomic E-state index is 13.7. The Morgan fingerprint density at radius 3 is 2.54 bits per heavy atom. The lowest BCUT2D eigenvalue weighted by atomic mass is 9.94. The number of esters is 1. The summed E-state index contributed by atoms with van der Waals surface area (Å²) in [5.41, 5.74) is 1.43. The van der Waals surface area contributed by atoms with Crippen molar-refractivity contribution in [3.63, 3.8) is 0 Å². The number of ketones is 1. The van der Waals surface area contributed by atoms with Crippen LogP contribution in [0.15, 0.2) is 60.7 Å². The number of halogens is 1. The number of thiazole rings is 1. The van der Waals surface area contributed by atoms with Gasteiger partial charge in [-0.3, -0.25) is 14.5 Å². The van der Waals surface area contributed by atoms with Crippen LogP contribution in [0.4, 0.5) is 9.52 Å². The number of carbonyl (C=O) groups is 3. The molecule has 0 bridgehead atoms. The van der Waals surface area contributed by atoms with E-state index in [2.05, 4.69) is 11.6 Å². The lowest BCUT2D eigenvalue weighted by Crippen LogP contribution is -2.29. The van der Waals surface area contributed by atoms with E-state index in [1.807, 2.05) is 0 Å². The molecule has 1 atom stereocenters. The number of methoxy groups -OCH3 is 1. The van der Waals surface area contributed by atoms with Crippen molar-refractivity contribution in [3.05, 3.63) is 93.8 Å². The third-order valence-electron chi connectivity index (χ3n) is 5.83. The zero-order valence-electron chi connectivity index (χ0n) is 20.3. The molecule has 0 spiro atoms. The SMILES string of the molecule is C=CCOC(=O)c1sc(N2C(=O)C(=O)C(=C(O)c3ccc(OC)cc3C)C2c2ccc(F)cc2)nc1C. The van der Waals surface area contributed by atoms with Crippen molar-refractivity contribution < 1.29 is 33.4 Å². The highest BCUT2D eigenvalue weighted by Crippen LogP contribution is 2.44. The van der Waals surface area contributed by atoms with Crippen molar-refractivity contribution in [1.82, 2.24) is 4.98 Å². The molecule has 1 fully saturated rings. The molecule has 0 saturated carbocycles. The zero-order chi connectivity index (χ0) is 26.9. The monoisotopic (exact) mass is 522 g/mol. The molecule has 2 aromatic carbocycles. The van der Waals surface area contributed by atoms with Crippen LogP contribution in [-0.4, -0.2) is 41.5 Å². The fourth-order valence-electron chi connectivity index (χ4n) is 4.04. The van der Waals surface area contributed by atoms with E-state index in [1.54, 1.807) is 32.0 Å². The number of aliphatic hydroxyl groups excluding tert-OH is 1. The highest BCUT2D eigenvalue weighted by atomic mass is 32.1. The summed E-state index contributed by atoms with van der Waals surface area (Å²) in [4.78, 5) is 44.7. The van der Waals surface area contributed by atoms with E-state index in [0.29, 0.717) is 28.1 Å². The van der Waals surface area contributed by atoms with Crippen LogP contribution in [0.2, 0.25) is 0 Å². The zero-order valence-corrected chi connectivity index (χ0v) is 21.1. The Morgan fingerprint density at radius 2 is 1.92 bits per heavy atom. The number of aliphatic hydroxyl groups is 1. The standard InChI is InChI=1S/C27H23FN2O6S/c1-5-12-36-26(34)24-15(3)29-27(37-24)30-21(16-6-8-17(28)9-7-16)20(23(32)25(30)33)22(31)19-11-10-18(35-4)13-14(19)2/h5-11,13,21,31H,1,12H2,2-4H3. The van der Waals surface area contributed by atoms with Crippen LogP contribution < -0.4 is 9.64 Å². The minimum absolute atomic E-state index is 0.00713. The number of hydrogen-bond donors (Lipinski definition) is 1. The van der Waals surface area contributed by atoms with E-state index in [1.165, 1.54) is 37.5 Å². The largest absolute Gasteiger partial charge is 0.507 e. The van der Waals surface area contributed by atoms with Crippen molar-refractivity contribution in [2.24, 2.45) is 0 Å². The number of carbonyl (C=O) groups excluding carboxylic acids is 3. The Labute approximate surface area is 216 Å². The third-order valence-corrected chi connectivity index (χ3v) is 6.96. The molecule has 37 heavy (non-hydrogen) atoms. The van der Waals surface area contributed by atoms with Gasteiger partial charge in [0.15, 0.2) is 5.13 Å². The van der Waals surface area contributed by atoms with Gasteiger partial charge >= 0.3 is 11.9 Å². The topological polar surface area (TPSA) is 106 Å². The molecule has 3 aromatic rings. The Hall–Kier alpha value is -4.31. The van der Waals surface area contributed by atoms with Crippen LogP contribution in [-0.2, 0) is 14.3 Å². The summed E-state index contributed by atoms with van der Waals surface area (Å²) in [6, 6.07) is 9.00. The molecule has 1 aliphatic rings. The molecule has 2 heterocycles. The maximum atomic E-state index is 13.7. The normalized spacial score (nSPS) is 16.6. The van der Waals surface area contributed by atoms with E-state index in [4.69, 9.17) is 9.47 Å². The van der Waals surface area contributed by atoms with Crippen LogP contribution in [0.1, 0.15) is 38.1 Å². The number of anilines is 1. The lowest BCUT2D eigenvalue weighted by Gasteiger charge is -2.23. The molecular weight excluding hydrogens is 499 g/mol. The van der Waals surface area contributed by atoms with Crippen LogP contribution in [0, 0.1) is 19.7 Å². The fourth-order valence-corrected chi connectivity index (χ4v) is 5.03. The van der Waals surface area contributed by atoms with Crippen molar-refractivity contribution in [2.45, 2.75) is 19.9 Å². The summed E-state index contributed by atoms with van der Waals surface area (Å²) in [5, 5.41) is 11.4. The Morgan fingerprint density at radius 1 is 1.22 bits per heavy atom. The lowest BCUT2D eigenvalue weighted by molar-refractivity contribution is -0.132. The first-order valence-corrected chi connectivity index (χ1v) is 12.0. The Balaban J connectivity index is 1.89. The Kier molecular flexibility index (Phi) is 7.21. The molecule has 8 nitrogen and oxygen atoms in total. The second-order valence-electron chi connectivity index (χ2n) is 8.20. The first kappa shape index (κ1) is 25.8. The predicted molar refractivity (Wildman–Crippen MR) is 136 cm³/mol. The molecule has 1 amide bonds. The number of hydrogen-bond acceptors (Lipinski definition) is 8. The van der Waals surface area contributed by atoms with Gasteiger partial charge in [0, 0.05) is 5.56 Å². The average molecular weight is 523 g/mol. The highest BCUT2D eigenvalue weighted by molar-refractivity contribution is 7.17. The number of benzene rings is 2. The molecule has 1 N–H and O–H groups in total. The fraction of sp³-hybridized carbons (Fsp3) is 0.185.